The molecule has 23 heavy (non-hydrogen) atoms. The Labute approximate surface area is 141 Å². The van der Waals surface area contributed by atoms with Gasteiger partial charge in [0.2, 0.25) is 5.91 Å². The van der Waals surface area contributed by atoms with Crippen molar-refractivity contribution in [3.63, 3.8) is 0 Å². The molecule has 1 aliphatic rings. The molecule has 0 saturated heterocycles. The number of likely N-dealkylation sites (N-methyl/N-ethyl adjacent to an activating group) is 1. The lowest BCUT2D eigenvalue weighted by Gasteiger charge is -2.27. The van der Waals surface area contributed by atoms with Crippen molar-refractivity contribution in [1.82, 2.24) is 9.88 Å². The average Bonchev–Trinajstić information content (AvgIpc) is 2.96. The number of rotatable bonds is 5. The van der Waals surface area contributed by atoms with E-state index in [0.717, 1.165) is 25.0 Å². The van der Waals surface area contributed by atoms with Crippen LogP contribution in [0.3, 0.4) is 0 Å². The molecular formula is C16H25N3O3S. The molecule has 1 amide bonds. The Kier molecular flexibility index (Phi) is 5.41. The third kappa shape index (κ3) is 5.00. The van der Waals surface area contributed by atoms with E-state index in [1.165, 1.54) is 4.88 Å². The van der Waals surface area contributed by atoms with Crippen LogP contribution in [0.25, 0.3) is 0 Å². The van der Waals surface area contributed by atoms with Gasteiger partial charge in [-0.2, -0.15) is 0 Å². The molecule has 1 aliphatic carbocycles. The predicted octanol–water partition coefficient (Wildman–Crippen LogP) is 2.23. The van der Waals surface area contributed by atoms with Crippen molar-refractivity contribution in [3.05, 3.63) is 10.6 Å². The zero-order valence-electron chi connectivity index (χ0n) is 14.4. The van der Waals surface area contributed by atoms with Crippen LogP contribution in [0.5, 0.6) is 0 Å². The summed E-state index contributed by atoms with van der Waals surface area (Å²) < 4.78 is 5.34. The van der Waals surface area contributed by atoms with Gasteiger partial charge in [0, 0.05) is 4.88 Å². The Morgan fingerprint density at radius 1 is 1.39 bits per heavy atom. The van der Waals surface area contributed by atoms with Gasteiger partial charge in [-0.1, -0.05) is 0 Å². The molecule has 0 aromatic carbocycles. The van der Waals surface area contributed by atoms with E-state index in [0.29, 0.717) is 5.13 Å². The van der Waals surface area contributed by atoms with Crippen molar-refractivity contribution in [2.75, 3.05) is 18.9 Å². The first kappa shape index (κ1) is 17.9. The standard InChI is InChI=1S/C16H25N3O3S/c1-10(14(21)22-16(2,3)4)19(5)9-13(20)18-15-17-11-7-6-8-12(11)23-15/h10H,6-9H2,1-5H3,(H,17,18,20)/t10-/m0/s1. The second-order valence-electron chi connectivity index (χ2n) is 6.92. The molecule has 0 bridgehead atoms. The second kappa shape index (κ2) is 6.97. The quantitative estimate of drug-likeness (QED) is 0.833. The van der Waals surface area contributed by atoms with Gasteiger partial charge < -0.3 is 10.1 Å². The molecule has 1 atom stereocenters. The summed E-state index contributed by atoms with van der Waals surface area (Å²) in [6.45, 7) is 7.33. The summed E-state index contributed by atoms with van der Waals surface area (Å²) in [5.74, 6) is -0.503. The minimum atomic E-state index is -0.532. The lowest BCUT2D eigenvalue weighted by atomic mass is 10.2. The monoisotopic (exact) mass is 339 g/mol. The number of aryl methyl sites for hydroxylation is 2. The van der Waals surface area contributed by atoms with Crippen molar-refractivity contribution in [1.29, 1.82) is 0 Å². The number of carbonyl (C=O) groups is 2. The molecule has 1 aromatic rings. The fourth-order valence-electron chi connectivity index (χ4n) is 2.33. The van der Waals surface area contributed by atoms with E-state index in [1.807, 2.05) is 20.8 Å². The van der Waals surface area contributed by atoms with Crippen LogP contribution in [0, 0.1) is 0 Å². The van der Waals surface area contributed by atoms with E-state index in [4.69, 9.17) is 4.74 Å². The van der Waals surface area contributed by atoms with E-state index in [2.05, 4.69) is 10.3 Å². The third-order valence-corrected chi connectivity index (χ3v) is 4.72. The van der Waals surface area contributed by atoms with Crippen LogP contribution in [0.2, 0.25) is 0 Å². The lowest BCUT2D eigenvalue weighted by molar-refractivity contribution is -0.160. The molecule has 7 heteroatoms. The molecule has 1 aromatic heterocycles. The van der Waals surface area contributed by atoms with E-state index in [-0.39, 0.29) is 18.4 Å². The number of anilines is 1. The van der Waals surface area contributed by atoms with Gasteiger partial charge in [0.15, 0.2) is 5.13 Å². The Hall–Kier alpha value is -1.47. The minimum absolute atomic E-state index is 0.116. The minimum Gasteiger partial charge on any atom is -0.459 e. The molecule has 0 aliphatic heterocycles. The average molecular weight is 339 g/mol. The Morgan fingerprint density at radius 3 is 2.70 bits per heavy atom. The largest absolute Gasteiger partial charge is 0.459 e. The molecule has 0 radical (unpaired) electrons. The zero-order chi connectivity index (χ0) is 17.2. The molecule has 0 spiro atoms. The normalized spacial score (nSPS) is 15.4. The maximum Gasteiger partial charge on any atom is 0.323 e. The third-order valence-electron chi connectivity index (χ3n) is 3.64. The SMILES string of the molecule is C[C@@H](C(=O)OC(C)(C)C)N(C)CC(=O)Nc1nc2c(s1)CCC2. The molecule has 0 fully saturated rings. The Bertz CT molecular complexity index is 570. The van der Waals surface area contributed by atoms with Gasteiger partial charge >= 0.3 is 5.97 Å². The maximum atomic E-state index is 12.1. The van der Waals surface area contributed by atoms with E-state index >= 15 is 0 Å². The molecule has 0 saturated carbocycles. The van der Waals surface area contributed by atoms with Gasteiger partial charge in [0.25, 0.3) is 0 Å². The molecule has 1 heterocycles. The summed E-state index contributed by atoms with van der Waals surface area (Å²) in [7, 11) is 1.73. The number of hydrogen-bond acceptors (Lipinski definition) is 6. The number of nitrogens with one attached hydrogen (secondary N) is 1. The highest BCUT2D eigenvalue weighted by molar-refractivity contribution is 7.15. The first-order valence-electron chi connectivity index (χ1n) is 7.87. The molecular weight excluding hydrogens is 314 g/mol. The topological polar surface area (TPSA) is 71.5 Å². The number of esters is 1. The van der Waals surface area contributed by atoms with Crippen molar-refractivity contribution in [2.24, 2.45) is 0 Å². The number of thiazole rings is 1. The van der Waals surface area contributed by atoms with Gasteiger partial charge in [-0.15, -0.1) is 11.3 Å². The van der Waals surface area contributed by atoms with Gasteiger partial charge in [-0.25, -0.2) is 4.98 Å². The van der Waals surface area contributed by atoms with Crippen LogP contribution in [-0.4, -0.2) is 47.0 Å². The van der Waals surface area contributed by atoms with Crippen LogP contribution < -0.4 is 5.32 Å². The fourth-order valence-corrected chi connectivity index (χ4v) is 3.40. The van der Waals surface area contributed by atoms with Crippen LogP contribution in [-0.2, 0) is 27.2 Å². The van der Waals surface area contributed by atoms with Crippen molar-refractivity contribution >= 4 is 28.3 Å². The molecule has 2 rings (SSSR count). The van der Waals surface area contributed by atoms with Gasteiger partial charge in [0.1, 0.15) is 11.6 Å². The van der Waals surface area contributed by atoms with Crippen molar-refractivity contribution in [2.45, 2.75) is 58.6 Å². The fraction of sp³-hybridized carbons (Fsp3) is 0.688. The van der Waals surface area contributed by atoms with Crippen molar-refractivity contribution in [3.8, 4) is 0 Å². The zero-order valence-corrected chi connectivity index (χ0v) is 15.2. The Morgan fingerprint density at radius 2 is 2.09 bits per heavy atom. The molecule has 128 valence electrons. The number of nitrogens with zero attached hydrogens (tertiary/aromatic N) is 2. The first-order chi connectivity index (χ1) is 10.7. The number of ether oxygens (including phenoxy) is 1. The van der Waals surface area contributed by atoms with Gasteiger partial charge in [0.05, 0.1) is 12.2 Å². The highest BCUT2D eigenvalue weighted by atomic mass is 32.1. The molecule has 1 N–H and O–H groups in total. The van der Waals surface area contributed by atoms with Crippen LogP contribution >= 0.6 is 11.3 Å². The van der Waals surface area contributed by atoms with Gasteiger partial charge in [-0.3, -0.25) is 14.5 Å². The summed E-state index contributed by atoms with van der Waals surface area (Å²) >= 11 is 1.55. The maximum absolute atomic E-state index is 12.1. The summed E-state index contributed by atoms with van der Waals surface area (Å²) in [6.07, 6.45) is 3.20. The van der Waals surface area contributed by atoms with E-state index < -0.39 is 11.6 Å². The molecule has 0 unspecified atom stereocenters. The number of aromatic nitrogens is 1. The lowest BCUT2D eigenvalue weighted by Crippen LogP contribution is -2.43. The van der Waals surface area contributed by atoms with Gasteiger partial charge in [-0.05, 0) is 54.0 Å². The number of carbonyl (C=O) groups excluding carboxylic acids is 2. The highest BCUT2D eigenvalue weighted by Gasteiger charge is 2.26. The van der Waals surface area contributed by atoms with Crippen molar-refractivity contribution < 1.29 is 14.3 Å². The summed E-state index contributed by atoms with van der Waals surface area (Å²) in [6, 6.07) is -0.485. The number of amides is 1. The smallest absolute Gasteiger partial charge is 0.323 e. The van der Waals surface area contributed by atoms with Crippen LogP contribution in [0.1, 0.15) is 44.7 Å². The number of fused-ring (bicyclic) bond motifs is 1. The van der Waals surface area contributed by atoms with Crippen LogP contribution in [0.4, 0.5) is 5.13 Å². The highest BCUT2D eigenvalue weighted by Crippen LogP contribution is 2.30. The predicted molar refractivity (Wildman–Crippen MR) is 90.7 cm³/mol. The Balaban J connectivity index is 1.85. The summed E-state index contributed by atoms with van der Waals surface area (Å²) in [5.41, 5.74) is 0.580. The van der Waals surface area contributed by atoms with E-state index in [9.17, 15) is 9.59 Å². The number of hydrogen-bond donors (Lipinski definition) is 1. The second-order valence-corrected chi connectivity index (χ2v) is 8.00. The molecule has 6 nitrogen and oxygen atoms in total. The van der Waals surface area contributed by atoms with E-state index in [1.54, 1.807) is 30.2 Å². The summed E-state index contributed by atoms with van der Waals surface area (Å²) in [4.78, 5) is 31.5. The summed E-state index contributed by atoms with van der Waals surface area (Å²) in [5, 5.41) is 3.47. The van der Waals surface area contributed by atoms with Crippen LogP contribution in [0.15, 0.2) is 0 Å². The first-order valence-corrected chi connectivity index (χ1v) is 8.69.